The predicted octanol–water partition coefficient (Wildman–Crippen LogP) is 2.61. The first-order valence-corrected chi connectivity index (χ1v) is 7.74. The zero-order valence-electron chi connectivity index (χ0n) is 12.3. The summed E-state index contributed by atoms with van der Waals surface area (Å²) in [5, 5.41) is 4.37. The molecule has 2 aromatic carbocycles. The molecule has 2 amide bonds. The van der Waals surface area contributed by atoms with Crippen molar-refractivity contribution in [2.24, 2.45) is 5.92 Å². The van der Waals surface area contributed by atoms with Gasteiger partial charge >= 0.3 is 0 Å². The third-order valence-corrected chi connectivity index (χ3v) is 4.50. The summed E-state index contributed by atoms with van der Waals surface area (Å²) in [4.78, 5) is 29.9. The van der Waals surface area contributed by atoms with Crippen molar-refractivity contribution in [1.82, 2.24) is 5.32 Å². The van der Waals surface area contributed by atoms with Gasteiger partial charge in [-0.2, -0.15) is 0 Å². The van der Waals surface area contributed by atoms with E-state index in [1.165, 1.54) is 17.2 Å². The molecule has 0 unspecified atom stereocenters. The zero-order chi connectivity index (χ0) is 16.8. The number of rotatable bonds is 2. The lowest BCUT2D eigenvalue weighted by molar-refractivity contribution is -0.129. The van der Waals surface area contributed by atoms with Crippen molar-refractivity contribution < 1.29 is 18.8 Å². The third kappa shape index (κ3) is 2.35. The average Bonchev–Trinajstić information content (AvgIpc) is 3.08. The molecule has 2 fully saturated rings. The van der Waals surface area contributed by atoms with E-state index in [0.29, 0.717) is 16.3 Å². The molecule has 2 heterocycles. The average molecular weight is 347 g/mol. The molecule has 5 nitrogen and oxygen atoms in total. The number of nitrogens with zero attached hydrogens (tertiary/aromatic N) is 1. The zero-order valence-corrected chi connectivity index (χ0v) is 13.0. The summed E-state index contributed by atoms with van der Waals surface area (Å²) in [7, 11) is 0. The number of hydrogen-bond donors (Lipinski definition) is 1. The molecule has 2 aliphatic heterocycles. The van der Waals surface area contributed by atoms with Gasteiger partial charge in [0.05, 0.1) is 11.7 Å². The van der Waals surface area contributed by atoms with Crippen LogP contribution in [0, 0.1) is 11.7 Å². The molecule has 0 bridgehead atoms. The number of fused-ring (bicyclic) bond motifs is 1. The van der Waals surface area contributed by atoms with Crippen LogP contribution in [0.3, 0.4) is 0 Å². The molecular formula is C17H12ClFN2O3. The maximum atomic E-state index is 13.3. The Morgan fingerprint density at radius 2 is 1.67 bits per heavy atom. The van der Waals surface area contributed by atoms with E-state index in [4.69, 9.17) is 16.4 Å². The van der Waals surface area contributed by atoms with Gasteiger partial charge in [0.25, 0.3) is 5.91 Å². The van der Waals surface area contributed by atoms with Crippen LogP contribution in [0.15, 0.2) is 48.5 Å². The SMILES string of the molecule is O=C1NC(=O)[C@H]2ON(c3ccc(Cl)cc3)[C@H](c3ccc(F)cc3)[C@@H]12. The summed E-state index contributed by atoms with van der Waals surface area (Å²) >= 11 is 5.91. The van der Waals surface area contributed by atoms with Gasteiger partial charge in [-0.3, -0.25) is 19.7 Å². The summed E-state index contributed by atoms with van der Waals surface area (Å²) < 4.78 is 13.3. The molecule has 2 aromatic rings. The Kier molecular flexibility index (Phi) is 3.51. The van der Waals surface area contributed by atoms with Crippen molar-refractivity contribution >= 4 is 29.1 Å². The minimum atomic E-state index is -0.900. The van der Waals surface area contributed by atoms with E-state index in [0.717, 1.165) is 0 Å². The highest BCUT2D eigenvalue weighted by Crippen LogP contribution is 2.44. The molecule has 1 N–H and O–H groups in total. The van der Waals surface area contributed by atoms with Crippen molar-refractivity contribution in [2.75, 3.05) is 5.06 Å². The van der Waals surface area contributed by atoms with Crippen LogP contribution in [0.1, 0.15) is 11.6 Å². The second-order valence-corrected chi connectivity index (χ2v) is 6.14. The molecule has 0 aliphatic carbocycles. The van der Waals surface area contributed by atoms with Crippen LogP contribution in [0.5, 0.6) is 0 Å². The number of halogens is 2. The molecule has 2 saturated heterocycles. The van der Waals surface area contributed by atoms with Gasteiger partial charge in [-0.15, -0.1) is 0 Å². The smallest absolute Gasteiger partial charge is 0.259 e. The fourth-order valence-corrected chi connectivity index (χ4v) is 3.27. The number of nitrogens with one attached hydrogen (secondary N) is 1. The van der Waals surface area contributed by atoms with Gasteiger partial charge in [-0.05, 0) is 42.0 Å². The Hall–Kier alpha value is -2.44. The van der Waals surface area contributed by atoms with Crippen LogP contribution in [0.2, 0.25) is 5.02 Å². The number of hydrogen-bond acceptors (Lipinski definition) is 4. The highest BCUT2D eigenvalue weighted by Gasteiger charge is 2.56. The summed E-state index contributed by atoms with van der Waals surface area (Å²) in [6.07, 6.45) is -0.900. The van der Waals surface area contributed by atoms with E-state index in [1.54, 1.807) is 36.4 Å². The fourth-order valence-electron chi connectivity index (χ4n) is 3.14. The van der Waals surface area contributed by atoms with Crippen LogP contribution in [0.25, 0.3) is 0 Å². The van der Waals surface area contributed by atoms with Crippen molar-refractivity contribution in [3.63, 3.8) is 0 Å². The van der Waals surface area contributed by atoms with Crippen LogP contribution in [-0.4, -0.2) is 17.9 Å². The van der Waals surface area contributed by atoms with Gasteiger partial charge in [0, 0.05) is 5.02 Å². The Morgan fingerprint density at radius 1 is 1.00 bits per heavy atom. The van der Waals surface area contributed by atoms with Gasteiger partial charge in [0.2, 0.25) is 5.91 Å². The van der Waals surface area contributed by atoms with Crippen LogP contribution in [-0.2, 0) is 14.4 Å². The van der Waals surface area contributed by atoms with Crippen LogP contribution in [0.4, 0.5) is 10.1 Å². The predicted molar refractivity (Wildman–Crippen MR) is 84.6 cm³/mol. The number of carbonyl (C=O) groups excluding carboxylic acids is 2. The van der Waals surface area contributed by atoms with Crippen molar-refractivity contribution in [1.29, 1.82) is 0 Å². The second kappa shape index (κ2) is 5.58. The lowest BCUT2D eigenvalue weighted by Gasteiger charge is -2.27. The first-order valence-electron chi connectivity index (χ1n) is 7.36. The molecule has 0 saturated carbocycles. The maximum absolute atomic E-state index is 13.3. The van der Waals surface area contributed by atoms with E-state index in [-0.39, 0.29) is 5.82 Å². The summed E-state index contributed by atoms with van der Waals surface area (Å²) in [5.74, 6) is -1.93. The molecule has 0 spiro atoms. The van der Waals surface area contributed by atoms with Gasteiger partial charge in [0.15, 0.2) is 6.10 Å². The first kappa shape index (κ1) is 15.1. The second-order valence-electron chi connectivity index (χ2n) is 5.70. The Labute approximate surface area is 141 Å². The first-order chi connectivity index (χ1) is 11.5. The highest BCUT2D eigenvalue weighted by atomic mass is 35.5. The van der Waals surface area contributed by atoms with E-state index in [2.05, 4.69) is 5.32 Å². The molecule has 24 heavy (non-hydrogen) atoms. The van der Waals surface area contributed by atoms with Gasteiger partial charge in [-0.25, -0.2) is 9.45 Å². The quantitative estimate of drug-likeness (QED) is 0.849. The highest BCUT2D eigenvalue weighted by molar-refractivity contribution is 6.30. The Bertz CT molecular complexity index is 810. The number of carbonyl (C=O) groups is 2. The monoisotopic (exact) mass is 346 g/mol. The summed E-state index contributed by atoms with van der Waals surface area (Å²) in [6.45, 7) is 0. The Balaban J connectivity index is 1.79. The molecule has 122 valence electrons. The van der Waals surface area contributed by atoms with E-state index in [1.807, 2.05) is 0 Å². The fraction of sp³-hybridized carbons (Fsp3) is 0.176. The van der Waals surface area contributed by atoms with E-state index >= 15 is 0 Å². The van der Waals surface area contributed by atoms with Crippen molar-refractivity contribution in [3.8, 4) is 0 Å². The third-order valence-electron chi connectivity index (χ3n) is 4.25. The van der Waals surface area contributed by atoms with Crippen LogP contribution >= 0.6 is 11.6 Å². The van der Waals surface area contributed by atoms with Gasteiger partial charge in [0.1, 0.15) is 11.7 Å². The minimum absolute atomic E-state index is 0.376. The minimum Gasteiger partial charge on any atom is -0.294 e. The lowest BCUT2D eigenvalue weighted by atomic mass is 9.90. The maximum Gasteiger partial charge on any atom is 0.259 e. The molecule has 7 heteroatoms. The molecule has 4 rings (SSSR count). The largest absolute Gasteiger partial charge is 0.294 e. The molecule has 2 aliphatic rings. The van der Waals surface area contributed by atoms with Gasteiger partial charge < -0.3 is 0 Å². The molecular weight excluding hydrogens is 335 g/mol. The summed E-state index contributed by atoms with van der Waals surface area (Å²) in [5.41, 5.74) is 1.34. The number of hydroxylamine groups is 1. The van der Waals surface area contributed by atoms with Crippen LogP contribution < -0.4 is 10.4 Å². The Morgan fingerprint density at radius 3 is 2.33 bits per heavy atom. The van der Waals surface area contributed by atoms with Crippen molar-refractivity contribution in [3.05, 3.63) is 64.9 Å². The number of benzene rings is 2. The number of amides is 2. The molecule has 0 aromatic heterocycles. The number of imide groups is 1. The van der Waals surface area contributed by atoms with E-state index < -0.39 is 29.9 Å². The topological polar surface area (TPSA) is 58.6 Å². The van der Waals surface area contributed by atoms with Gasteiger partial charge in [-0.1, -0.05) is 23.7 Å². The molecule has 0 radical (unpaired) electrons. The van der Waals surface area contributed by atoms with Crippen molar-refractivity contribution in [2.45, 2.75) is 12.1 Å². The number of anilines is 1. The summed E-state index contributed by atoms with van der Waals surface area (Å²) in [6, 6.07) is 12.1. The normalized spacial score (nSPS) is 25.8. The van der Waals surface area contributed by atoms with E-state index in [9.17, 15) is 14.0 Å². The standard InChI is InChI=1S/C17H12ClFN2O3/c18-10-3-7-12(8-4-10)21-14(9-1-5-11(19)6-2-9)13-15(24-21)17(23)20-16(13)22/h1-8,13-15H,(H,20,22,23)/t13-,14-,15+/m1/s1. The molecule has 3 atom stereocenters. The lowest BCUT2D eigenvalue weighted by Crippen LogP contribution is -2.33.